The van der Waals surface area contributed by atoms with E-state index in [-0.39, 0.29) is 29.7 Å². The van der Waals surface area contributed by atoms with Crippen LogP contribution in [0.4, 0.5) is 10.1 Å². The Labute approximate surface area is 126 Å². The maximum absolute atomic E-state index is 12.9. The van der Waals surface area contributed by atoms with E-state index in [1.807, 2.05) is 12.2 Å². The Bertz CT molecular complexity index is 574. The number of esters is 1. The molecule has 0 saturated heterocycles. The summed E-state index contributed by atoms with van der Waals surface area (Å²) >= 11 is 5.78. The summed E-state index contributed by atoms with van der Waals surface area (Å²) in [4.78, 5) is 23.2. The molecule has 112 valence electrons. The van der Waals surface area contributed by atoms with E-state index in [4.69, 9.17) is 16.3 Å². The number of carbonyl (C=O) groups is 2. The van der Waals surface area contributed by atoms with Gasteiger partial charge >= 0.3 is 5.97 Å². The first-order valence-corrected chi connectivity index (χ1v) is 6.99. The molecule has 1 amide bonds. The molecular formula is C15H15ClFNO3. The standard InChI is InChI=1S/C15H15ClFNO3/c16-12-8-11(17)5-6-13(12)18-14(19)9-21-15(20)7-10-3-1-2-4-10/h1,3,5-6,8,10H,2,4,7,9H2,(H,18,19)/t10-/m0/s1. The molecule has 1 N–H and O–H groups in total. The van der Waals surface area contributed by atoms with Gasteiger partial charge in [0.15, 0.2) is 6.61 Å². The number of hydrogen-bond acceptors (Lipinski definition) is 3. The fourth-order valence-electron chi connectivity index (χ4n) is 2.06. The summed E-state index contributed by atoms with van der Waals surface area (Å²) in [5.74, 6) is -1.22. The van der Waals surface area contributed by atoms with Crippen LogP contribution in [0.5, 0.6) is 0 Å². The molecule has 1 aromatic carbocycles. The van der Waals surface area contributed by atoms with Gasteiger partial charge < -0.3 is 10.1 Å². The molecule has 1 aliphatic carbocycles. The van der Waals surface area contributed by atoms with Crippen LogP contribution in [-0.4, -0.2) is 18.5 Å². The van der Waals surface area contributed by atoms with Gasteiger partial charge in [-0.3, -0.25) is 9.59 Å². The van der Waals surface area contributed by atoms with Crippen LogP contribution in [0.25, 0.3) is 0 Å². The number of allylic oxidation sites excluding steroid dienone is 2. The quantitative estimate of drug-likeness (QED) is 0.670. The average Bonchev–Trinajstić information content (AvgIpc) is 2.92. The Kier molecular flexibility index (Phi) is 5.33. The molecule has 6 heteroatoms. The highest BCUT2D eigenvalue weighted by molar-refractivity contribution is 6.33. The molecule has 0 heterocycles. The minimum atomic E-state index is -0.515. The van der Waals surface area contributed by atoms with E-state index in [0.717, 1.165) is 18.9 Å². The summed E-state index contributed by atoms with van der Waals surface area (Å²) in [6.45, 7) is -0.386. The van der Waals surface area contributed by atoms with E-state index >= 15 is 0 Å². The number of carbonyl (C=O) groups excluding carboxylic acids is 2. The van der Waals surface area contributed by atoms with E-state index in [1.54, 1.807) is 0 Å². The molecule has 1 atom stereocenters. The molecule has 1 aromatic rings. The maximum Gasteiger partial charge on any atom is 0.306 e. The molecule has 4 nitrogen and oxygen atoms in total. The second-order valence-corrected chi connectivity index (χ2v) is 5.21. The molecule has 0 fully saturated rings. The van der Waals surface area contributed by atoms with E-state index < -0.39 is 17.7 Å². The van der Waals surface area contributed by atoms with E-state index in [0.29, 0.717) is 0 Å². The Hall–Kier alpha value is -1.88. The zero-order valence-corrected chi connectivity index (χ0v) is 12.0. The topological polar surface area (TPSA) is 55.4 Å². The van der Waals surface area contributed by atoms with Crippen LogP contribution in [-0.2, 0) is 14.3 Å². The van der Waals surface area contributed by atoms with Gasteiger partial charge in [-0.25, -0.2) is 4.39 Å². The molecule has 1 aliphatic rings. The number of ether oxygens (including phenoxy) is 1. The lowest BCUT2D eigenvalue weighted by molar-refractivity contribution is -0.147. The summed E-state index contributed by atoms with van der Waals surface area (Å²) in [5.41, 5.74) is 0.276. The summed E-state index contributed by atoms with van der Waals surface area (Å²) in [7, 11) is 0. The summed E-state index contributed by atoms with van der Waals surface area (Å²) in [6.07, 6.45) is 6.20. The van der Waals surface area contributed by atoms with Crippen molar-refractivity contribution in [2.75, 3.05) is 11.9 Å². The van der Waals surface area contributed by atoms with Gasteiger partial charge in [0.2, 0.25) is 0 Å². The van der Waals surface area contributed by atoms with E-state index in [9.17, 15) is 14.0 Å². The van der Waals surface area contributed by atoms with Gasteiger partial charge in [-0.05, 0) is 37.0 Å². The Balaban J connectivity index is 1.76. The van der Waals surface area contributed by atoms with Crippen molar-refractivity contribution in [1.29, 1.82) is 0 Å². The monoisotopic (exact) mass is 311 g/mol. The van der Waals surface area contributed by atoms with Crippen molar-refractivity contribution in [3.05, 3.63) is 41.2 Å². The van der Waals surface area contributed by atoms with Gasteiger partial charge in [0.25, 0.3) is 5.91 Å². The minimum absolute atomic E-state index is 0.0887. The van der Waals surface area contributed by atoms with Crippen LogP contribution in [0, 0.1) is 11.7 Å². The molecule has 2 rings (SSSR count). The maximum atomic E-state index is 12.9. The smallest absolute Gasteiger partial charge is 0.306 e. The fourth-order valence-corrected chi connectivity index (χ4v) is 2.28. The number of hydrogen-bond donors (Lipinski definition) is 1. The summed E-state index contributed by atoms with van der Waals surface area (Å²) in [6, 6.07) is 3.62. The molecule has 0 bridgehead atoms. The lowest BCUT2D eigenvalue weighted by Crippen LogP contribution is -2.21. The zero-order valence-electron chi connectivity index (χ0n) is 11.3. The predicted molar refractivity (Wildman–Crippen MR) is 77.5 cm³/mol. The SMILES string of the molecule is O=C(COC(=O)C[C@H]1C=CCC1)Nc1ccc(F)cc1Cl. The van der Waals surface area contributed by atoms with Gasteiger partial charge in [0.1, 0.15) is 5.82 Å². The second-order valence-electron chi connectivity index (χ2n) is 4.80. The van der Waals surface area contributed by atoms with Gasteiger partial charge in [-0.2, -0.15) is 0 Å². The van der Waals surface area contributed by atoms with Gasteiger partial charge in [0.05, 0.1) is 17.1 Å². The number of anilines is 1. The van der Waals surface area contributed by atoms with E-state index in [2.05, 4.69) is 5.32 Å². The summed E-state index contributed by atoms with van der Waals surface area (Å²) < 4.78 is 17.8. The molecular weight excluding hydrogens is 297 g/mol. The fraction of sp³-hybridized carbons (Fsp3) is 0.333. The summed E-state index contributed by atoms with van der Waals surface area (Å²) in [5, 5.41) is 2.55. The zero-order chi connectivity index (χ0) is 15.2. The van der Waals surface area contributed by atoms with Crippen LogP contribution >= 0.6 is 11.6 Å². The van der Waals surface area contributed by atoms with Gasteiger partial charge in [0, 0.05) is 0 Å². The molecule has 0 spiro atoms. The molecule has 21 heavy (non-hydrogen) atoms. The number of benzene rings is 1. The van der Waals surface area contributed by atoms with Crippen molar-refractivity contribution in [2.24, 2.45) is 5.92 Å². The molecule has 0 aromatic heterocycles. The van der Waals surface area contributed by atoms with Crippen LogP contribution in [0.2, 0.25) is 5.02 Å². The lowest BCUT2D eigenvalue weighted by Gasteiger charge is -2.09. The third-order valence-electron chi connectivity index (χ3n) is 3.11. The van der Waals surface area contributed by atoms with Crippen LogP contribution < -0.4 is 5.32 Å². The molecule has 0 saturated carbocycles. The highest BCUT2D eigenvalue weighted by atomic mass is 35.5. The van der Waals surface area contributed by atoms with Crippen molar-refractivity contribution in [2.45, 2.75) is 19.3 Å². The van der Waals surface area contributed by atoms with Crippen LogP contribution in [0.15, 0.2) is 30.4 Å². The Morgan fingerprint density at radius 2 is 2.24 bits per heavy atom. The van der Waals surface area contributed by atoms with Crippen molar-refractivity contribution in [3.63, 3.8) is 0 Å². The molecule has 0 unspecified atom stereocenters. The first kappa shape index (κ1) is 15.5. The van der Waals surface area contributed by atoms with Crippen molar-refractivity contribution in [1.82, 2.24) is 0 Å². The normalized spacial score (nSPS) is 16.8. The first-order valence-electron chi connectivity index (χ1n) is 6.62. The highest BCUT2D eigenvalue weighted by Crippen LogP contribution is 2.22. The van der Waals surface area contributed by atoms with E-state index in [1.165, 1.54) is 12.1 Å². The Morgan fingerprint density at radius 1 is 1.43 bits per heavy atom. The van der Waals surface area contributed by atoms with Gasteiger partial charge in [-0.1, -0.05) is 23.8 Å². The van der Waals surface area contributed by atoms with Crippen molar-refractivity contribution < 1.29 is 18.7 Å². The minimum Gasteiger partial charge on any atom is -0.456 e. The largest absolute Gasteiger partial charge is 0.456 e. The Morgan fingerprint density at radius 3 is 2.90 bits per heavy atom. The van der Waals surface area contributed by atoms with Gasteiger partial charge in [-0.15, -0.1) is 0 Å². The van der Waals surface area contributed by atoms with Crippen molar-refractivity contribution >= 4 is 29.2 Å². The number of amides is 1. The average molecular weight is 312 g/mol. The number of nitrogens with one attached hydrogen (secondary N) is 1. The second kappa shape index (κ2) is 7.22. The molecule has 0 aliphatic heterocycles. The molecule has 0 radical (unpaired) electrons. The number of rotatable bonds is 5. The third kappa shape index (κ3) is 4.86. The number of halogens is 2. The van der Waals surface area contributed by atoms with Crippen LogP contribution in [0.1, 0.15) is 19.3 Å². The van der Waals surface area contributed by atoms with Crippen molar-refractivity contribution in [3.8, 4) is 0 Å². The third-order valence-corrected chi connectivity index (χ3v) is 3.42. The predicted octanol–water partition coefficient (Wildman–Crippen LogP) is 3.32. The first-order chi connectivity index (χ1) is 10.0. The van der Waals surface area contributed by atoms with Crippen LogP contribution in [0.3, 0.4) is 0 Å². The lowest BCUT2D eigenvalue weighted by atomic mass is 10.1. The highest BCUT2D eigenvalue weighted by Gasteiger charge is 2.16.